The molecule has 1 heterocycles. The van der Waals surface area contributed by atoms with E-state index in [0.717, 1.165) is 6.42 Å². The topological polar surface area (TPSA) is 32.3 Å². The van der Waals surface area contributed by atoms with Gasteiger partial charge in [-0.1, -0.05) is 52.4 Å². The lowest BCUT2D eigenvalue weighted by Gasteiger charge is -2.37. The van der Waals surface area contributed by atoms with Crippen LogP contribution in [0.3, 0.4) is 0 Å². The fraction of sp³-hybridized carbons (Fsp3) is 0.944. The third-order valence-corrected chi connectivity index (χ3v) is 6.20. The van der Waals surface area contributed by atoms with Crippen molar-refractivity contribution in [2.24, 2.45) is 11.8 Å². The quantitative estimate of drug-likeness (QED) is 0.857. The predicted molar refractivity (Wildman–Crippen MR) is 85.8 cm³/mol. The fourth-order valence-electron chi connectivity index (χ4n) is 4.68. The summed E-state index contributed by atoms with van der Waals surface area (Å²) in [5, 5.41) is 3.76. The average Bonchev–Trinajstić information content (AvgIpc) is 3.15. The van der Waals surface area contributed by atoms with Crippen LogP contribution in [0.1, 0.15) is 78.1 Å². The maximum atomic E-state index is 13.0. The largest absolute Gasteiger partial charge is 0.323 e. The van der Waals surface area contributed by atoms with Crippen molar-refractivity contribution in [2.75, 3.05) is 0 Å². The number of rotatable bonds is 4. The van der Waals surface area contributed by atoms with Gasteiger partial charge in [0.1, 0.15) is 0 Å². The summed E-state index contributed by atoms with van der Waals surface area (Å²) in [4.78, 5) is 15.3. The second-order valence-corrected chi connectivity index (χ2v) is 7.56. The standard InChI is InChI=1S/C18H32N2O/c1-3-13(2)16-18(21)20(15-11-5-4-6-12-15)17(19-16)14-9-7-8-10-14/h13-17,19H,3-12H2,1-2H3. The molecule has 3 fully saturated rings. The maximum absolute atomic E-state index is 13.0. The highest BCUT2D eigenvalue weighted by Gasteiger charge is 2.47. The molecule has 0 bridgehead atoms. The van der Waals surface area contributed by atoms with Crippen molar-refractivity contribution in [3.05, 3.63) is 0 Å². The zero-order valence-electron chi connectivity index (χ0n) is 13.8. The van der Waals surface area contributed by atoms with Gasteiger partial charge in [-0.05, 0) is 37.5 Å². The summed E-state index contributed by atoms with van der Waals surface area (Å²) in [5.41, 5.74) is 0. The molecule has 3 heteroatoms. The molecule has 1 aliphatic heterocycles. The number of nitrogens with zero attached hydrogens (tertiary/aromatic N) is 1. The van der Waals surface area contributed by atoms with Crippen LogP contribution in [0.25, 0.3) is 0 Å². The second kappa shape index (κ2) is 6.68. The minimum atomic E-state index is 0.0718. The van der Waals surface area contributed by atoms with Gasteiger partial charge < -0.3 is 4.90 Å². The molecule has 0 aromatic carbocycles. The molecule has 0 aromatic heterocycles. The average molecular weight is 292 g/mol. The van der Waals surface area contributed by atoms with Gasteiger partial charge in [0.25, 0.3) is 0 Å². The van der Waals surface area contributed by atoms with Gasteiger partial charge >= 0.3 is 0 Å². The van der Waals surface area contributed by atoms with Crippen molar-refractivity contribution >= 4 is 5.91 Å². The summed E-state index contributed by atoms with van der Waals surface area (Å²) in [6.07, 6.45) is 13.2. The molecule has 1 amide bonds. The van der Waals surface area contributed by atoms with Gasteiger partial charge in [-0.15, -0.1) is 0 Å². The van der Waals surface area contributed by atoms with Gasteiger partial charge in [-0.3, -0.25) is 10.1 Å². The molecule has 0 aromatic rings. The van der Waals surface area contributed by atoms with Crippen molar-refractivity contribution in [3.63, 3.8) is 0 Å². The van der Waals surface area contributed by atoms with Crippen LogP contribution in [0, 0.1) is 11.8 Å². The molecule has 21 heavy (non-hydrogen) atoms. The third-order valence-electron chi connectivity index (χ3n) is 6.20. The predicted octanol–water partition coefficient (Wildman–Crippen LogP) is 3.68. The first-order chi connectivity index (χ1) is 10.2. The number of carbonyl (C=O) groups is 1. The normalized spacial score (nSPS) is 33.8. The highest BCUT2D eigenvalue weighted by molar-refractivity contribution is 5.85. The fourth-order valence-corrected chi connectivity index (χ4v) is 4.68. The Labute approximate surface area is 129 Å². The highest BCUT2D eigenvalue weighted by Crippen LogP contribution is 2.37. The Morgan fingerprint density at radius 1 is 1.10 bits per heavy atom. The van der Waals surface area contributed by atoms with Gasteiger partial charge in [-0.25, -0.2) is 0 Å². The van der Waals surface area contributed by atoms with Crippen LogP contribution in [0.5, 0.6) is 0 Å². The molecular formula is C18H32N2O. The minimum absolute atomic E-state index is 0.0718. The summed E-state index contributed by atoms with van der Waals surface area (Å²) in [5.74, 6) is 1.56. The first-order valence-corrected chi connectivity index (χ1v) is 9.30. The van der Waals surface area contributed by atoms with Gasteiger partial charge in [0.2, 0.25) is 5.91 Å². The minimum Gasteiger partial charge on any atom is -0.323 e. The highest BCUT2D eigenvalue weighted by atomic mass is 16.2. The van der Waals surface area contributed by atoms with Crippen molar-refractivity contribution in [1.82, 2.24) is 10.2 Å². The van der Waals surface area contributed by atoms with Gasteiger partial charge in [0.15, 0.2) is 0 Å². The molecule has 0 radical (unpaired) electrons. The number of hydrogen-bond acceptors (Lipinski definition) is 2. The van der Waals surface area contributed by atoms with Crippen molar-refractivity contribution < 1.29 is 4.79 Å². The van der Waals surface area contributed by atoms with Crippen LogP contribution in [0.4, 0.5) is 0 Å². The Bertz CT molecular complexity index is 358. The van der Waals surface area contributed by atoms with Gasteiger partial charge in [-0.2, -0.15) is 0 Å². The van der Waals surface area contributed by atoms with E-state index in [1.165, 1.54) is 57.8 Å². The summed E-state index contributed by atoms with van der Waals surface area (Å²) >= 11 is 0. The molecule has 3 rings (SSSR count). The van der Waals surface area contributed by atoms with Gasteiger partial charge in [0.05, 0.1) is 12.2 Å². The summed E-state index contributed by atoms with van der Waals surface area (Å²) in [7, 11) is 0. The molecule has 3 aliphatic rings. The van der Waals surface area contributed by atoms with E-state index in [2.05, 4.69) is 24.1 Å². The Morgan fingerprint density at radius 2 is 1.71 bits per heavy atom. The van der Waals surface area contributed by atoms with Crippen LogP contribution in [-0.2, 0) is 4.79 Å². The van der Waals surface area contributed by atoms with E-state index >= 15 is 0 Å². The Kier molecular flexibility index (Phi) is 4.88. The molecule has 2 saturated carbocycles. The van der Waals surface area contributed by atoms with Crippen LogP contribution in [-0.4, -0.2) is 29.1 Å². The van der Waals surface area contributed by atoms with Crippen LogP contribution in [0.15, 0.2) is 0 Å². The van der Waals surface area contributed by atoms with E-state index in [1.807, 2.05) is 0 Å². The molecular weight excluding hydrogens is 260 g/mol. The molecule has 3 atom stereocenters. The SMILES string of the molecule is CCC(C)C1NC(C2CCCC2)N(C2CCCCC2)C1=O. The first-order valence-electron chi connectivity index (χ1n) is 9.30. The molecule has 120 valence electrons. The molecule has 1 N–H and O–H groups in total. The second-order valence-electron chi connectivity index (χ2n) is 7.56. The lowest BCUT2D eigenvalue weighted by Crippen LogP contribution is -2.48. The molecule has 1 saturated heterocycles. The summed E-state index contributed by atoms with van der Waals surface area (Å²) in [6, 6.07) is 0.584. The Balaban J connectivity index is 1.78. The molecule has 0 spiro atoms. The third kappa shape index (κ3) is 2.99. The Morgan fingerprint density at radius 3 is 2.33 bits per heavy atom. The zero-order chi connectivity index (χ0) is 14.8. The molecule has 2 aliphatic carbocycles. The number of carbonyl (C=O) groups excluding carboxylic acids is 1. The van der Waals surface area contributed by atoms with Crippen LogP contribution >= 0.6 is 0 Å². The summed E-state index contributed by atoms with van der Waals surface area (Å²) in [6.45, 7) is 4.43. The first kappa shape index (κ1) is 15.3. The molecule has 3 unspecified atom stereocenters. The summed E-state index contributed by atoms with van der Waals surface area (Å²) < 4.78 is 0. The van der Waals surface area contributed by atoms with Gasteiger partial charge in [0, 0.05) is 6.04 Å². The Hall–Kier alpha value is -0.570. The van der Waals surface area contributed by atoms with E-state index in [1.54, 1.807) is 0 Å². The lowest BCUT2D eigenvalue weighted by molar-refractivity contribution is -0.134. The van der Waals surface area contributed by atoms with Crippen molar-refractivity contribution in [3.8, 4) is 0 Å². The number of hydrogen-bond donors (Lipinski definition) is 1. The number of nitrogens with one attached hydrogen (secondary N) is 1. The van der Waals surface area contributed by atoms with E-state index < -0.39 is 0 Å². The zero-order valence-corrected chi connectivity index (χ0v) is 13.8. The lowest BCUT2D eigenvalue weighted by atomic mass is 9.92. The van der Waals surface area contributed by atoms with E-state index in [0.29, 0.717) is 30.0 Å². The number of amides is 1. The maximum Gasteiger partial charge on any atom is 0.241 e. The monoisotopic (exact) mass is 292 g/mol. The van der Waals surface area contributed by atoms with Crippen LogP contribution < -0.4 is 5.32 Å². The van der Waals surface area contributed by atoms with E-state index in [4.69, 9.17) is 0 Å². The van der Waals surface area contributed by atoms with E-state index in [-0.39, 0.29) is 6.04 Å². The van der Waals surface area contributed by atoms with E-state index in [9.17, 15) is 4.79 Å². The smallest absolute Gasteiger partial charge is 0.241 e. The molecule has 3 nitrogen and oxygen atoms in total. The van der Waals surface area contributed by atoms with Crippen LogP contribution in [0.2, 0.25) is 0 Å². The van der Waals surface area contributed by atoms with Crippen molar-refractivity contribution in [2.45, 2.75) is 96.3 Å². The van der Waals surface area contributed by atoms with Crippen molar-refractivity contribution in [1.29, 1.82) is 0 Å².